The van der Waals surface area contributed by atoms with Gasteiger partial charge in [-0.05, 0) is 6.92 Å². The molecule has 0 rings (SSSR count). The fourth-order valence-electron chi connectivity index (χ4n) is 0.466. The van der Waals surface area contributed by atoms with Crippen molar-refractivity contribution < 1.29 is 59.2 Å². The smallest absolute Gasteiger partial charge is 0.371 e. The summed E-state index contributed by atoms with van der Waals surface area (Å²) in [5, 5.41) is 16.1. The summed E-state index contributed by atoms with van der Waals surface area (Å²) in [6, 6.07) is 0. The van der Waals surface area contributed by atoms with Gasteiger partial charge in [0.05, 0.1) is 0 Å². The first-order valence-corrected chi connectivity index (χ1v) is 4.77. The summed E-state index contributed by atoms with van der Waals surface area (Å²) in [6.07, 6.45) is -14.5. The number of halogens is 9. The van der Waals surface area contributed by atoms with Crippen molar-refractivity contribution in [2.45, 2.75) is 31.2 Å². The third-order valence-electron chi connectivity index (χ3n) is 1.40. The summed E-state index contributed by atoms with van der Waals surface area (Å²) >= 11 is 0. The van der Waals surface area contributed by atoms with Crippen molar-refractivity contribution in [3.8, 4) is 0 Å². The lowest BCUT2D eigenvalue weighted by molar-refractivity contribution is -0.372. The van der Waals surface area contributed by atoms with E-state index in [4.69, 9.17) is 10.2 Å². The average molecular weight is 342 g/mol. The van der Waals surface area contributed by atoms with E-state index < -0.39 is 44.3 Å². The van der Waals surface area contributed by atoms with Gasteiger partial charge in [0.25, 0.3) is 5.79 Å². The molecule has 21 heavy (non-hydrogen) atoms. The Morgan fingerprint density at radius 3 is 1.38 bits per heavy atom. The molecule has 4 nitrogen and oxygen atoms in total. The second-order valence-electron chi connectivity index (χ2n) is 3.48. The number of ether oxygens (including phenoxy) is 2. The molecular formula is C8H11F9O4. The maximum absolute atomic E-state index is 11.7. The highest BCUT2D eigenvalue weighted by molar-refractivity contribution is 4.71. The molecular weight excluding hydrogens is 331 g/mol. The van der Waals surface area contributed by atoms with E-state index in [-0.39, 0.29) is 6.92 Å². The molecule has 0 aliphatic carbocycles. The molecule has 0 heterocycles. The molecule has 0 aromatic heterocycles. The minimum absolute atomic E-state index is 0.0960. The van der Waals surface area contributed by atoms with Crippen molar-refractivity contribution in [3.05, 3.63) is 0 Å². The summed E-state index contributed by atoms with van der Waals surface area (Å²) in [4.78, 5) is 0. The van der Waals surface area contributed by atoms with Crippen LogP contribution < -0.4 is 0 Å². The third kappa shape index (κ3) is 13.9. The Hall–Kier alpha value is -0.790. The van der Waals surface area contributed by atoms with E-state index in [1.807, 2.05) is 0 Å². The van der Waals surface area contributed by atoms with Crippen molar-refractivity contribution in [1.29, 1.82) is 0 Å². The molecule has 0 aromatic carbocycles. The van der Waals surface area contributed by atoms with Crippen molar-refractivity contribution in [1.82, 2.24) is 0 Å². The maximum Gasteiger partial charge on any atom is 0.442 e. The van der Waals surface area contributed by atoms with Gasteiger partial charge in [-0.3, -0.25) is 0 Å². The largest absolute Gasteiger partial charge is 0.442 e. The lowest BCUT2D eigenvalue weighted by Crippen LogP contribution is -2.46. The van der Waals surface area contributed by atoms with Crippen molar-refractivity contribution in [3.63, 3.8) is 0 Å². The van der Waals surface area contributed by atoms with Gasteiger partial charge >= 0.3 is 18.5 Å². The van der Waals surface area contributed by atoms with E-state index >= 15 is 0 Å². The molecule has 0 aliphatic rings. The van der Waals surface area contributed by atoms with Gasteiger partial charge in [0.1, 0.15) is 20.0 Å². The molecule has 0 saturated heterocycles. The van der Waals surface area contributed by atoms with Crippen LogP contribution in [0.5, 0.6) is 0 Å². The molecule has 13 heteroatoms. The molecule has 1 unspecified atom stereocenters. The first kappa shape index (κ1) is 22.5. The number of aliphatic hydroxyl groups is 2. The lowest BCUT2D eigenvalue weighted by atomic mass is 10.3. The van der Waals surface area contributed by atoms with Crippen LogP contribution in [0.3, 0.4) is 0 Å². The second-order valence-corrected chi connectivity index (χ2v) is 3.48. The molecule has 2 N–H and O–H groups in total. The van der Waals surface area contributed by atoms with Crippen LogP contribution in [0.25, 0.3) is 0 Å². The van der Waals surface area contributed by atoms with Gasteiger partial charge in [0.15, 0.2) is 0 Å². The number of rotatable bonds is 4. The monoisotopic (exact) mass is 342 g/mol. The Balaban J connectivity index is 0. The van der Waals surface area contributed by atoms with Gasteiger partial charge in [-0.25, -0.2) is 0 Å². The van der Waals surface area contributed by atoms with Gasteiger partial charge < -0.3 is 19.7 Å². The third-order valence-corrected chi connectivity index (χ3v) is 1.40. The molecule has 1 atom stereocenters. The lowest BCUT2D eigenvalue weighted by Gasteiger charge is -2.26. The van der Waals surface area contributed by atoms with Crippen LogP contribution in [0.15, 0.2) is 0 Å². The van der Waals surface area contributed by atoms with Crippen LogP contribution in [0.4, 0.5) is 39.5 Å². The van der Waals surface area contributed by atoms with E-state index in [9.17, 15) is 39.5 Å². The summed E-state index contributed by atoms with van der Waals surface area (Å²) < 4.78 is 109. The first-order chi connectivity index (χ1) is 9.02. The van der Waals surface area contributed by atoms with Crippen LogP contribution in [0.1, 0.15) is 6.92 Å². The Labute approximate surface area is 112 Å². The SMILES string of the molecule is CC(O)(OCC(F)(F)F)C(F)(F)F.OCOCC(F)(F)F. The van der Waals surface area contributed by atoms with Crippen LogP contribution >= 0.6 is 0 Å². The zero-order valence-electron chi connectivity index (χ0n) is 10.2. The Kier molecular flexibility index (Phi) is 8.57. The molecule has 0 aliphatic heterocycles. The van der Waals surface area contributed by atoms with Crippen LogP contribution in [-0.2, 0) is 9.47 Å². The maximum atomic E-state index is 11.7. The summed E-state index contributed by atoms with van der Waals surface area (Å²) in [7, 11) is 0. The zero-order chi connectivity index (χ0) is 17.5. The molecule has 0 saturated carbocycles. The fraction of sp³-hybridized carbons (Fsp3) is 1.00. The predicted octanol–water partition coefficient (Wildman–Crippen LogP) is 2.35. The highest BCUT2D eigenvalue weighted by Crippen LogP contribution is 2.32. The second kappa shape index (κ2) is 8.00. The molecule has 0 spiro atoms. The molecule has 0 aromatic rings. The van der Waals surface area contributed by atoms with Crippen molar-refractivity contribution in [2.75, 3.05) is 20.0 Å². The highest BCUT2D eigenvalue weighted by Gasteiger charge is 2.53. The topological polar surface area (TPSA) is 58.9 Å². The molecule has 0 bridgehead atoms. The number of hydrogen-bond acceptors (Lipinski definition) is 4. The van der Waals surface area contributed by atoms with E-state index in [1.165, 1.54) is 0 Å². The van der Waals surface area contributed by atoms with E-state index in [2.05, 4.69) is 9.47 Å². The highest BCUT2D eigenvalue weighted by atomic mass is 19.4. The van der Waals surface area contributed by atoms with Gasteiger partial charge in [-0.1, -0.05) is 0 Å². The zero-order valence-corrected chi connectivity index (χ0v) is 10.2. The van der Waals surface area contributed by atoms with Crippen LogP contribution in [0.2, 0.25) is 0 Å². The quantitative estimate of drug-likeness (QED) is 0.608. The normalized spacial score (nSPS) is 16.0. The van der Waals surface area contributed by atoms with Crippen molar-refractivity contribution in [2.24, 2.45) is 0 Å². The first-order valence-electron chi connectivity index (χ1n) is 4.77. The van der Waals surface area contributed by atoms with Crippen LogP contribution in [-0.4, -0.2) is 54.5 Å². The predicted molar refractivity (Wildman–Crippen MR) is 47.8 cm³/mol. The van der Waals surface area contributed by atoms with E-state index in [0.717, 1.165) is 0 Å². The van der Waals surface area contributed by atoms with E-state index in [0.29, 0.717) is 0 Å². The fourth-order valence-corrected chi connectivity index (χ4v) is 0.466. The number of alkyl halides is 9. The Morgan fingerprint density at radius 1 is 0.810 bits per heavy atom. The summed E-state index contributed by atoms with van der Waals surface area (Å²) in [5.41, 5.74) is 0. The minimum Gasteiger partial charge on any atom is -0.371 e. The minimum atomic E-state index is -5.25. The average Bonchev–Trinajstić information content (AvgIpc) is 2.21. The standard InChI is InChI=1S/C5H6F6O2.C3H5F3O2/c1-3(12,5(9,10)11)13-2-4(6,7)8;4-3(5,6)1-8-2-7/h12H,2H2,1H3;7H,1-2H2. The molecule has 0 radical (unpaired) electrons. The molecule has 0 amide bonds. The van der Waals surface area contributed by atoms with Gasteiger partial charge in [-0.15, -0.1) is 0 Å². The van der Waals surface area contributed by atoms with Crippen molar-refractivity contribution >= 4 is 0 Å². The summed E-state index contributed by atoms with van der Waals surface area (Å²) in [6.45, 7) is -4.33. The molecule has 130 valence electrons. The van der Waals surface area contributed by atoms with E-state index in [1.54, 1.807) is 0 Å². The number of hydrogen-bond donors (Lipinski definition) is 2. The molecule has 0 fully saturated rings. The summed E-state index contributed by atoms with van der Waals surface area (Å²) in [5.74, 6) is -3.78. The Bertz CT molecular complexity index is 281. The van der Waals surface area contributed by atoms with Gasteiger partial charge in [0.2, 0.25) is 0 Å². The number of aliphatic hydroxyl groups excluding tert-OH is 1. The van der Waals surface area contributed by atoms with Gasteiger partial charge in [-0.2, -0.15) is 39.5 Å². The van der Waals surface area contributed by atoms with Gasteiger partial charge in [0, 0.05) is 0 Å². The Morgan fingerprint density at radius 2 is 1.19 bits per heavy atom. The van der Waals surface area contributed by atoms with Crippen LogP contribution in [0, 0.1) is 0 Å².